The molecule has 76 valence electrons. The predicted molar refractivity (Wildman–Crippen MR) is 64.5 cm³/mol. The molecule has 0 aromatic carbocycles. The molecular formula is C8H8Cl2N2S2. The van der Waals surface area contributed by atoms with E-state index in [-0.39, 0.29) is 0 Å². The van der Waals surface area contributed by atoms with Gasteiger partial charge in [0, 0.05) is 17.1 Å². The largest absolute Gasteiger partial charge is 0.224 e. The van der Waals surface area contributed by atoms with Crippen molar-refractivity contribution >= 4 is 46.7 Å². The smallest absolute Gasteiger partial charge is 0.137 e. The second-order valence-electron chi connectivity index (χ2n) is 2.81. The van der Waals surface area contributed by atoms with Crippen molar-refractivity contribution in [3.8, 4) is 0 Å². The summed E-state index contributed by atoms with van der Waals surface area (Å²) in [6.07, 6.45) is 2.25. The standard InChI is InChI=1S/C8H8Cl2N2S2/c9-7-5(8(10)12-4-11-7)3-6-13-1-2-14-6/h4,6H,1-3H2. The minimum absolute atomic E-state index is 0.484. The zero-order valence-corrected chi connectivity index (χ0v) is 10.4. The molecule has 1 aromatic rings. The van der Waals surface area contributed by atoms with Crippen LogP contribution in [0.4, 0.5) is 0 Å². The van der Waals surface area contributed by atoms with E-state index in [1.165, 1.54) is 17.8 Å². The van der Waals surface area contributed by atoms with Gasteiger partial charge in [0.15, 0.2) is 0 Å². The third-order valence-electron chi connectivity index (χ3n) is 1.90. The molecule has 0 N–H and O–H groups in total. The molecule has 0 unspecified atom stereocenters. The lowest BCUT2D eigenvalue weighted by Crippen LogP contribution is -2.01. The zero-order chi connectivity index (χ0) is 9.97. The maximum Gasteiger partial charge on any atom is 0.137 e. The van der Waals surface area contributed by atoms with Crippen LogP contribution >= 0.6 is 46.7 Å². The molecule has 2 nitrogen and oxygen atoms in total. The van der Waals surface area contributed by atoms with Crippen LogP contribution in [0.1, 0.15) is 5.56 Å². The van der Waals surface area contributed by atoms with Crippen molar-refractivity contribution in [3.05, 3.63) is 22.2 Å². The number of hydrogen-bond donors (Lipinski definition) is 0. The van der Waals surface area contributed by atoms with Crippen LogP contribution in [0, 0.1) is 0 Å². The van der Waals surface area contributed by atoms with Crippen LogP contribution in [0.5, 0.6) is 0 Å². The van der Waals surface area contributed by atoms with Crippen molar-refractivity contribution in [1.82, 2.24) is 9.97 Å². The Hall–Kier alpha value is 0.360. The summed E-state index contributed by atoms with van der Waals surface area (Å²) >= 11 is 15.8. The maximum atomic E-state index is 5.95. The van der Waals surface area contributed by atoms with Crippen molar-refractivity contribution in [2.24, 2.45) is 0 Å². The summed E-state index contributed by atoms with van der Waals surface area (Å²) in [6.45, 7) is 0. The van der Waals surface area contributed by atoms with Gasteiger partial charge in [-0.2, -0.15) is 0 Å². The zero-order valence-electron chi connectivity index (χ0n) is 7.24. The molecular weight excluding hydrogens is 259 g/mol. The molecule has 2 rings (SSSR count). The van der Waals surface area contributed by atoms with Gasteiger partial charge < -0.3 is 0 Å². The average Bonchev–Trinajstić information content (AvgIpc) is 2.64. The molecule has 0 spiro atoms. The molecule has 0 saturated carbocycles. The molecule has 1 aliphatic rings. The molecule has 2 heterocycles. The van der Waals surface area contributed by atoms with Gasteiger partial charge in [0.05, 0.1) is 4.58 Å². The Kier molecular flexibility index (Phi) is 3.82. The normalized spacial score (nSPS) is 17.6. The van der Waals surface area contributed by atoms with Gasteiger partial charge in [-0.25, -0.2) is 9.97 Å². The van der Waals surface area contributed by atoms with E-state index in [4.69, 9.17) is 23.2 Å². The fraction of sp³-hybridized carbons (Fsp3) is 0.500. The number of aromatic nitrogens is 2. The van der Waals surface area contributed by atoms with Crippen LogP contribution in [0.3, 0.4) is 0 Å². The summed E-state index contributed by atoms with van der Waals surface area (Å²) in [4.78, 5) is 7.87. The maximum absolute atomic E-state index is 5.95. The lowest BCUT2D eigenvalue weighted by atomic mass is 10.3. The van der Waals surface area contributed by atoms with Gasteiger partial charge in [0.25, 0.3) is 0 Å². The summed E-state index contributed by atoms with van der Waals surface area (Å²) in [5.41, 5.74) is 0.878. The second-order valence-corrected chi connectivity index (χ2v) is 6.44. The first-order valence-corrected chi connectivity index (χ1v) is 7.01. The van der Waals surface area contributed by atoms with Gasteiger partial charge >= 0.3 is 0 Å². The summed E-state index contributed by atoms with van der Waals surface area (Å²) in [5.74, 6) is 2.41. The van der Waals surface area contributed by atoms with Gasteiger partial charge in [0.1, 0.15) is 16.6 Å². The van der Waals surface area contributed by atoms with Gasteiger partial charge in [0.2, 0.25) is 0 Å². The Morgan fingerprint density at radius 2 is 1.79 bits per heavy atom. The molecule has 0 bridgehead atoms. The van der Waals surface area contributed by atoms with Gasteiger partial charge in [-0.3, -0.25) is 0 Å². The first kappa shape index (κ1) is 10.9. The van der Waals surface area contributed by atoms with Crippen LogP contribution < -0.4 is 0 Å². The molecule has 6 heteroatoms. The Balaban J connectivity index is 2.14. The molecule has 0 radical (unpaired) electrons. The van der Waals surface area contributed by atoms with Crippen LogP contribution in [0.15, 0.2) is 6.33 Å². The van der Waals surface area contributed by atoms with E-state index in [1.54, 1.807) is 0 Å². The van der Waals surface area contributed by atoms with Crippen molar-refractivity contribution in [1.29, 1.82) is 0 Å². The third kappa shape index (κ3) is 2.48. The van der Waals surface area contributed by atoms with E-state index in [2.05, 4.69) is 9.97 Å². The van der Waals surface area contributed by atoms with E-state index in [0.29, 0.717) is 14.9 Å². The number of halogens is 2. The molecule has 1 aromatic heterocycles. The summed E-state index contributed by atoms with van der Waals surface area (Å²) < 4.78 is 0.552. The highest BCUT2D eigenvalue weighted by atomic mass is 35.5. The number of rotatable bonds is 2. The van der Waals surface area contributed by atoms with E-state index in [9.17, 15) is 0 Å². The van der Waals surface area contributed by atoms with Crippen LogP contribution in [0.25, 0.3) is 0 Å². The van der Waals surface area contributed by atoms with Crippen molar-refractivity contribution in [2.75, 3.05) is 11.5 Å². The summed E-state index contributed by atoms with van der Waals surface area (Å²) in [7, 11) is 0. The molecule has 1 fully saturated rings. The first-order valence-electron chi connectivity index (χ1n) is 4.15. The third-order valence-corrected chi connectivity index (χ3v) is 5.58. The highest BCUT2D eigenvalue weighted by molar-refractivity contribution is 8.20. The van der Waals surface area contributed by atoms with E-state index >= 15 is 0 Å². The van der Waals surface area contributed by atoms with E-state index in [1.807, 2.05) is 23.5 Å². The topological polar surface area (TPSA) is 25.8 Å². The molecule has 0 amide bonds. The van der Waals surface area contributed by atoms with E-state index < -0.39 is 0 Å². The molecule has 14 heavy (non-hydrogen) atoms. The van der Waals surface area contributed by atoms with Crippen LogP contribution in [-0.2, 0) is 6.42 Å². The second kappa shape index (κ2) is 4.92. The van der Waals surface area contributed by atoms with Gasteiger partial charge in [-0.05, 0) is 6.42 Å². The summed E-state index contributed by atoms with van der Waals surface area (Å²) in [6, 6.07) is 0. The average molecular weight is 267 g/mol. The highest BCUT2D eigenvalue weighted by Gasteiger charge is 2.20. The van der Waals surface area contributed by atoms with Gasteiger partial charge in [-0.15, -0.1) is 23.5 Å². The summed E-state index contributed by atoms with van der Waals surface area (Å²) in [5, 5.41) is 0.969. The number of nitrogens with zero attached hydrogens (tertiary/aromatic N) is 2. The molecule has 1 aliphatic heterocycles. The minimum Gasteiger partial charge on any atom is -0.224 e. The SMILES string of the molecule is Clc1ncnc(Cl)c1CC1SCCS1. The quantitative estimate of drug-likeness (QED) is 0.769. The fourth-order valence-electron chi connectivity index (χ4n) is 1.23. The lowest BCUT2D eigenvalue weighted by molar-refractivity contribution is 1.03. The molecule has 0 aliphatic carbocycles. The Bertz CT molecular complexity index is 309. The minimum atomic E-state index is 0.484. The van der Waals surface area contributed by atoms with Crippen molar-refractivity contribution < 1.29 is 0 Å². The fourth-order valence-corrected chi connectivity index (χ4v) is 4.53. The van der Waals surface area contributed by atoms with Gasteiger partial charge in [-0.1, -0.05) is 23.2 Å². The molecule has 0 atom stereocenters. The van der Waals surface area contributed by atoms with Crippen LogP contribution in [-0.4, -0.2) is 26.1 Å². The Labute approximate surface area is 101 Å². The predicted octanol–water partition coefficient (Wildman–Crippen LogP) is 3.13. The van der Waals surface area contributed by atoms with Crippen LogP contribution in [0.2, 0.25) is 10.3 Å². The lowest BCUT2D eigenvalue weighted by Gasteiger charge is -2.09. The van der Waals surface area contributed by atoms with E-state index in [0.717, 1.165) is 12.0 Å². The Morgan fingerprint density at radius 1 is 1.21 bits per heavy atom. The monoisotopic (exact) mass is 266 g/mol. The van der Waals surface area contributed by atoms with Crippen molar-refractivity contribution in [2.45, 2.75) is 11.0 Å². The first-order chi connectivity index (χ1) is 6.77. The highest BCUT2D eigenvalue weighted by Crippen LogP contribution is 2.36. The number of hydrogen-bond acceptors (Lipinski definition) is 4. The Morgan fingerprint density at radius 3 is 2.36 bits per heavy atom. The number of thioether (sulfide) groups is 2. The van der Waals surface area contributed by atoms with Crippen molar-refractivity contribution in [3.63, 3.8) is 0 Å². The molecule has 1 saturated heterocycles.